The van der Waals surface area contributed by atoms with Gasteiger partial charge < -0.3 is 9.32 Å². The van der Waals surface area contributed by atoms with Crippen molar-refractivity contribution in [1.29, 1.82) is 0 Å². The molecule has 0 saturated heterocycles. The summed E-state index contributed by atoms with van der Waals surface area (Å²) in [6.45, 7) is 4.77. The molecule has 2 heteroatoms. The van der Waals surface area contributed by atoms with E-state index in [-0.39, 0.29) is 5.41 Å². The second-order valence-electron chi connectivity index (χ2n) is 18.2. The first kappa shape index (κ1) is 37.6. The van der Waals surface area contributed by atoms with Crippen molar-refractivity contribution >= 4 is 49.8 Å². The number of para-hydroxylation sites is 3. The minimum absolute atomic E-state index is 0.145. The summed E-state index contributed by atoms with van der Waals surface area (Å²) in [6, 6.07) is 72.0. The summed E-state index contributed by atoms with van der Waals surface area (Å²) in [5.74, 6) is 0.567. The molecule has 1 saturated carbocycles. The molecule has 0 radical (unpaired) electrons. The lowest BCUT2D eigenvalue weighted by atomic mass is 9.79. The highest BCUT2D eigenvalue weighted by Gasteiger charge is 2.37. The van der Waals surface area contributed by atoms with Crippen molar-refractivity contribution in [2.45, 2.75) is 57.3 Å². The van der Waals surface area contributed by atoms with E-state index in [4.69, 9.17) is 4.42 Å². The lowest BCUT2D eigenvalue weighted by molar-refractivity contribution is 0.445. The van der Waals surface area contributed by atoms with Crippen molar-refractivity contribution in [3.8, 4) is 44.5 Å². The number of fused-ring (bicyclic) bond motifs is 7. The van der Waals surface area contributed by atoms with Gasteiger partial charge >= 0.3 is 0 Å². The van der Waals surface area contributed by atoms with Crippen LogP contribution in [-0.4, -0.2) is 0 Å². The van der Waals surface area contributed by atoms with Crippen LogP contribution in [0.2, 0.25) is 0 Å². The van der Waals surface area contributed by atoms with Crippen LogP contribution in [0.15, 0.2) is 199 Å². The average Bonchev–Trinajstić information content (AvgIpc) is 3.84. The molecule has 12 rings (SSSR count). The third-order valence-electron chi connectivity index (χ3n) is 14.3. The summed E-state index contributed by atoms with van der Waals surface area (Å²) in [7, 11) is 0. The Morgan fingerprint density at radius 3 is 1.83 bits per heavy atom. The Bertz CT molecular complexity index is 3370. The number of hydrogen-bond donors (Lipinski definition) is 0. The van der Waals surface area contributed by atoms with Gasteiger partial charge in [0.1, 0.15) is 11.2 Å². The Hall–Kier alpha value is -7.16. The van der Waals surface area contributed by atoms with Crippen molar-refractivity contribution in [3.05, 3.63) is 211 Å². The van der Waals surface area contributed by atoms with Crippen molar-refractivity contribution in [1.82, 2.24) is 0 Å². The minimum Gasteiger partial charge on any atom is -0.456 e. The van der Waals surface area contributed by atoms with Crippen LogP contribution < -0.4 is 4.90 Å². The van der Waals surface area contributed by atoms with Gasteiger partial charge in [0.05, 0.1) is 11.4 Å². The molecule has 0 atom stereocenters. The monoisotopic (exact) mass is 811 g/mol. The van der Waals surface area contributed by atoms with Gasteiger partial charge in [-0.25, -0.2) is 0 Å². The zero-order valence-corrected chi connectivity index (χ0v) is 35.9. The first-order chi connectivity index (χ1) is 31.0. The molecule has 0 aliphatic heterocycles. The number of rotatable bonds is 7. The molecule has 9 aromatic carbocycles. The van der Waals surface area contributed by atoms with Crippen LogP contribution >= 0.6 is 0 Å². The number of nitrogens with zero attached hydrogens (tertiary/aromatic N) is 1. The second-order valence-corrected chi connectivity index (χ2v) is 18.2. The van der Waals surface area contributed by atoms with Gasteiger partial charge in [-0.2, -0.15) is 0 Å². The minimum atomic E-state index is -0.145. The number of furan rings is 1. The molecule has 1 heterocycles. The first-order valence-electron chi connectivity index (χ1n) is 22.8. The fourth-order valence-electron chi connectivity index (χ4n) is 11.4. The summed E-state index contributed by atoms with van der Waals surface area (Å²) < 4.78 is 6.49. The van der Waals surface area contributed by atoms with Crippen molar-refractivity contribution in [3.63, 3.8) is 0 Å². The van der Waals surface area contributed by atoms with Crippen molar-refractivity contribution in [2.24, 2.45) is 0 Å². The quantitative estimate of drug-likeness (QED) is 0.159. The average molecular weight is 812 g/mol. The number of hydrogen-bond acceptors (Lipinski definition) is 2. The van der Waals surface area contributed by atoms with E-state index in [2.05, 4.69) is 213 Å². The van der Waals surface area contributed by atoms with Gasteiger partial charge in [0.15, 0.2) is 0 Å². The summed E-state index contributed by atoms with van der Waals surface area (Å²) in [5, 5.41) is 4.95. The molecular weight excluding hydrogens is 763 g/mol. The Labute approximate surface area is 370 Å². The Balaban J connectivity index is 1.12. The van der Waals surface area contributed by atoms with Crippen LogP contribution in [0.4, 0.5) is 17.1 Å². The molecule has 1 aromatic heterocycles. The molecule has 2 aliphatic rings. The third-order valence-corrected chi connectivity index (χ3v) is 14.3. The van der Waals surface area contributed by atoms with E-state index in [0.29, 0.717) is 5.92 Å². The molecule has 304 valence electrons. The van der Waals surface area contributed by atoms with Gasteiger partial charge in [0.2, 0.25) is 0 Å². The van der Waals surface area contributed by atoms with Crippen LogP contribution in [-0.2, 0) is 5.41 Å². The molecule has 10 aromatic rings. The van der Waals surface area contributed by atoms with Crippen LogP contribution in [0.25, 0.3) is 77.2 Å². The topological polar surface area (TPSA) is 16.4 Å². The highest BCUT2D eigenvalue weighted by atomic mass is 16.3. The summed E-state index contributed by atoms with van der Waals surface area (Å²) in [6.07, 6.45) is 6.44. The zero-order valence-electron chi connectivity index (χ0n) is 35.9. The normalized spacial score (nSPS) is 14.6. The standard InChI is InChI=1S/C61H49NO/c1-61(2)53-34-10-6-25-46(53)51-33-17-30-45(60(51)61)42-23-14-24-43(39-42)62(55-36-12-8-27-48(55)50-32-18-38-57-59(50)52-28-9-13-37-56(52)63-57)54-35-11-7-26-47(54)49-31-16-22-41-21-15-29-44(58(41)49)40-19-4-3-5-20-40/h6-18,21-40H,3-5,19-20H2,1-2H3. The van der Waals surface area contributed by atoms with Gasteiger partial charge in [0, 0.05) is 33.0 Å². The van der Waals surface area contributed by atoms with E-state index in [0.717, 1.165) is 50.1 Å². The molecule has 2 nitrogen and oxygen atoms in total. The fourth-order valence-corrected chi connectivity index (χ4v) is 11.4. The van der Waals surface area contributed by atoms with Gasteiger partial charge in [-0.05, 0) is 116 Å². The number of benzene rings is 9. The summed E-state index contributed by atoms with van der Waals surface area (Å²) in [4.78, 5) is 2.53. The Kier molecular flexibility index (Phi) is 8.97. The molecule has 0 amide bonds. The highest BCUT2D eigenvalue weighted by Crippen LogP contribution is 2.54. The lowest BCUT2D eigenvalue weighted by Crippen LogP contribution is -2.16. The van der Waals surface area contributed by atoms with Crippen LogP contribution in [0.1, 0.15) is 68.6 Å². The van der Waals surface area contributed by atoms with E-state index >= 15 is 0 Å². The van der Waals surface area contributed by atoms with Gasteiger partial charge in [-0.3, -0.25) is 0 Å². The first-order valence-corrected chi connectivity index (χ1v) is 22.8. The maximum absolute atomic E-state index is 6.49. The number of anilines is 3. The molecule has 0 N–H and O–H groups in total. The predicted molar refractivity (Wildman–Crippen MR) is 266 cm³/mol. The SMILES string of the molecule is CC1(C)c2ccccc2-c2cccc(-c3cccc(N(c4ccccc4-c4cccc5cccc(C6CCCCC6)c45)c4ccccc4-c4cccc5oc6ccccc6c45)c3)c21. The molecule has 2 aliphatic carbocycles. The third kappa shape index (κ3) is 6.07. The van der Waals surface area contributed by atoms with E-state index in [1.54, 1.807) is 0 Å². The molecule has 63 heavy (non-hydrogen) atoms. The van der Waals surface area contributed by atoms with Crippen LogP contribution in [0.3, 0.4) is 0 Å². The zero-order chi connectivity index (χ0) is 42.1. The maximum Gasteiger partial charge on any atom is 0.136 e. The molecular formula is C61H49NO. The molecule has 0 unspecified atom stereocenters. The van der Waals surface area contributed by atoms with Gasteiger partial charge in [-0.15, -0.1) is 0 Å². The van der Waals surface area contributed by atoms with Crippen molar-refractivity contribution in [2.75, 3.05) is 4.90 Å². The Morgan fingerprint density at radius 2 is 1.03 bits per heavy atom. The van der Waals surface area contributed by atoms with Crippen molar-refractivity contribution < 1.29 is 4.42 Å². The van der Waals surface area contributed by atoms with E-state index < -0.39 is 0 Å². The largest absolute Gasteiger partial charge is 0.456 e. The lowest BCUT2D eigenvalue weighted by Gasteiger charge is -2.31. The molecule has 1 fully saturated rings. The van der Waals surface area contributed by atoms with E-state index in [1.807, 2.05) is 0 Å². The summed E-state index contributed by atoms with van der Waals surface area (Å²) >= 11 is 0. The van der Waals surface area contributed by atoms with Crippen LogP contribution in [0.5, 0.6) is 0 Å². The molecule has 0 spiro atoms. The smallest absolute Gasteiger partial charge is 0.136 e. The van der Waals surface area contributed by atoms with Crippen LogP contribution in [0, 0.1) is 0 Å². The summed E-state index contributed by atoms with van der Waals surface area (Å²) in [5.41, 5.74) is 19.2. The van der Waals surface area contributed by atoms with Gasteiger partial charge in [0.25, 0.3) is 0 Å². The molecule has 0 bridgehead atoms. The maximum atomic E-state index is 6.49. The predicted octanol–water partition coefficient (Wildman–Crippen LogP) is 17.6. The van der Waals surface area contributed by atoms with Gasteiger partial charge in [-0.1, -0.05) is 191 Å². The van der Waals surface area contributed by atoms with E-state index in [9.17, 15) is 0 Å². The highest BCUT2D eigenvalue weighted by molar-refractivity contribution is 6.14. The van der Waals surface area contributed by atoms with E-state index in [1.165, 1.54) is 92.9 Å². The second kappa shape index (κ2) is 15.0. The Morgan fingerprint density at radius 1 is 0.460 bits per heavy atom. The fraction of sp³-hybridized carbons (Fsp3) is 0.148.